The third kappa shape index (κ3) is 4.20. The molecule has 1 amide bonds. The molecular formula is C24H23N3OS. The number of benzene rings is 3. The number of rotatable bonds is 5. The van der Waals surface area contributed by atoms with Gasteiger partial charge in [0.2, 0.25) is 0 Å². The maximum absolute atomic E-state index is 12.4. The number of amides is 1. The van der Waals surface area contributed by atoms with Crippen LogP contribution >= 0.6 is 11.8 Å². The van der Waals surface area contributed by atoms with E-state index in [0.717, 1.165) is 35.1 Å². The summed E-state index contributed by atoms with van der Waals surface area (Å²) in [6.45, 7) is 6.23. The minimum Gasteiger partial charge on any atom is -0.372 e. The van der Waals surface area contributed by atoms with Gasteiger partial charge in [0.25, 0.3) is 5.91 Å². The van der Waals surface area contributed by atoms with E-state index in [1.54, 1.807) is 0 Å². The molecule has 0 radical (unpaired) electrons. The summed E-state index contributed by atoms with van der Waals surface area (Å²) in [7, 11) is 0. The van der Waals surface area contributed by atoms with Crippen molar-refractivity contribution in [2.24, 2.45) is 4.99 Å². The molecule has 0 bridgehead atoms. The van der Waals surface area contributed by atoms with Gasteiger partial charge in [0.05, 0.1) is 10.6 Å². The fraction of sp³-hybridized carbons (Fsp3) is 0.167. The Labute approximate surface area is 175 Å². The van der Waals surface area contributed by atoms with Crippen LogP contribution in [0.25, 0.3) is 16.8 Å². The molecule has 1 aliphatic heterocycles. The Balaban J connectivity index is 1.57. The van der Waals surface area contributed by atoms with Gasteiger partial charge < -0.3 is 10.2 Å². The second kappa shape index (κ2) is 8.53. The summed E-state index contributed by atoms with van der Waals surface area (Å²) in [5.41, 5.74) is 3.04. The van der Waals surface area contributed by atoms with E-state index in [1.165, 1.54) is 17.4 Å². The quantitative estimate of drug-likeness (QED) is 0.568. The van der Waals surface area contributed by atoms with Crippen LogP contribution in [0.15, 0.2) is 76.6 Å². The van der Waals surface area contributed by atoms with Crippen LogP contribution in [0.2, 0.25) is 0 Å². The standard InChI is InChI=1S/C24H23N3OS/c1-3-27(4-2)20-14-12-19(13-15-20)25-24-26-23(28)22(29-24)16-18-10-7-9-17-8-5-6-11-21(17)18/h5-16H,3-4H2,1-2H3,(H,25,26,28). The molecule has 1 heterocycles. The van der Waals surface area contributed by atoms with E-state index in [-0.39, 0.29) is 5.91 Å². The molecule has 1 aliphatic rings. The van der Waals surface area contributed by atoms with Gasteiger partial charge in [-0.15, -0.1) is 0 Å². The minimum atomic E-state index is -0.110. The zero-order valence-corrected chi connectivity index (χ0v) is 17.4. The van der Waals surface area contributed by atoms with Gasteiger partial charge in [-0.05, 0) is 72.3 Å². The van der Waals surface area contributed by atoms with Gasteiger partial charge in [-0.1, -0.05) is 42.5 Å². The molecule has 4 nitrogen and oxygen atoms in total. The number of hydrogen-bond donors (Lipinski definition) is 1. The Morgan fingerprint density at radius 3 is 2.45 bits per heavy atom. The number of fused-ring (bicyclic) bond motifs is 1. The monoisotopic (exact) mass is 401 g/mol. The lowest BCUT2D eigenvalue weighted by atomic mass is 10.0. The first-order valence-electron chi connectivity index (χ1n) is 9.80. The Bertz CT molecular complexity index is 1090. The van der Waals surface area contributed by atoms with Crippen molar-refractivity contribution >= 4 is 51.1 Å². The topological polar surface area (TPSA) is 44.7 Å². The van der Waals surface area contributed by atoms with Crippen LogP contribution in [0, 0.1) is 0 Å². The van der Waals surface area contributed by atoms with Gasteiger partial charge in [-0.25, -0.2) is 4.99 Å². The molecular weight excluding hydrogens is 378 g/mol. The normalized spacial score (nSPS) is 16.6. The van der Waals surface area contributed by atoms with E-state index in [0.29, 0.717) is 10.1 Å². The highest BCUT2D eigenvalue weighted by atomic mass is 32.2. The lowest BCUT2D eigenvalue weighted by Crippen LogP contribution is -2.21. The number of nitrogens with one attached hydrogen (secondary N) is 1. The zero-order valence-electron chi connectivity index (χ0n) is 16.6. The number of aliphatic imine (C=N–C) groups is 1. The van der Waals surface area contributed by atoms with E-state index in [9.17, 15) is 4.79 Å². The third-order valence-corrected chi connectivity index (χ3v) is 5.88. The lowest BCUT2D eigenvalue weighted by Gasteiger charge is -2.20. The van der Waals surface area contributed by atoms with Crippen LogP contribution in [0.1, 0.15) is 19.4 Å². The van der Waals surface area contributed by atoms with Gasteiger partial charge >= 0.3 is 0 Å². The van der Waals surface area contributed by atoms with Crippen molar-refractivity contribution in [3.63, 3.8) is 0 Å². The van der Waals surface area contributed by atoms with Crippen molar-refractivity contribution in [1.82, 2.24) is 5.32 Å². The highest BCUT2D eigenvalue weighted by molar-refractivity contribution is 8.18. The van der Waals surface area contributed by atoms with Gasteiger partial charge in [0.1, 0.15) is 0 Å². The second-order valence-corrected chi connectivity index (χ2v) is 7.77. The highest BCUT2D eigenvalue weighted by Crippen LogP contribution is 2.30. The van der Waals surface area contributed by atoms with Crippen LogP contribution in [0.3, 0.4) is 0 Å². The summed E-state index contributed by atoms with van der Waals surface area (Å²) >= 11 is 1.38. The third-order valence-electron chi connectivity index (χ3n) is 4.97. The molecule has 0 aliphatic carbocycles. The van der Waals surface area contributed by atoms with E-state index >= 15 is 0 Å². The molecule has 3 aromatic carbocycles. The van der Waals surface area contributed by atoms with Crippen LogP contribution in [-0.4, -0.2) is 24.2 Å². The zero-order chi connectivity index (χ0) is 20.2. The van der Waals surface area contributed by atoms with Crippen LogP contribution in [0.4, 0.5) is 11.4 Å². The number of amidine groups is 1. The highest BCUT2D eigenvalue weighted by Gasteiger charge is 2.24. The molecule has 1 N–H and O–H groups in total. The second-order valence-electron chi connectivity index (χ2n) is 6.74. The summed E-state index contributed by atoms with van der Waals surface area (Å²) in [4.78, 5) is 20.0. The van der Waals surface area contributed by atoms with E-state index in [1.807, 2.05) is 42.5 Å². The first kappa shape index (κ1) is 19.3. The van der Waals surface area contributed by atoms with Gasteiger partial charge in [-0.2, -0.15) is 0 Å². The Morgan fingerprint density at radius 1 is 0.966 bits per heavy atom. The number of thioether (sulfide) groups is 1. The van der Waals surface area contributed by atoms with Crippen LogP contribution in [0.5, 0.6) is 0 Å². The van der Waals surface area contributed by atoms with Gasteiger partial charge in [0, 0.05) is 18.8 Å². The predicted molar refractivity (Wildman–Crippen MR) is 125 cm³/mol. The summed E-state index contributed by atoms with van der Waals surface area (Å²) in [5, 5.41) is 5.78. The smallest absolute Gasteiger partial charge is 0.264 e. The molecule has 1 fully saturated rings. The van der Waals surface area contributed by atoms with Crippen molar-refractivity contribution in [3.05, 3.63) is 77.2 Å². The number of carbonyl (C=O) groups excluding carboxylic acids is 1. The maximum atomic E-state index is 12.4. The molecule has 0 saturated carbocycles. The maximum Gasteiger partial charge on any atom is 0.264 e. The Hall–Kier alpha value is -3.05. The average molecular weight is 402 g/mol. The first-order chi connectivity index (χ1) is 14.2. The number of hydrogen-bond acceptors (Lipinski definition) is 4. The SMILES string of the molecule is CCN(CC)c1ccc(N=C2NC(=O)C(=Cc3cccc4ccccc34)S2)cc1. The molecule has 29 heavy (non-hydrogen) atoms. The Morgan fingerprint density at radius 2 is 1.69 bits per heavy atom. The fourth-order valence-corrected chi connectivity index (χ4v) is 4.27. The number of carbonyl (C=O) groups is 1. The fourth-order valence-electron chi connectivity index (χ4n) is 3.44. The molecule has 5 heteroatoms. The van der Waals surface area contributed by atoms with Crippen molar-refractivity contribution < 1.29 is 4.79 Å². The number of nitrogens with zero attached hydrogens (tertiary/aromatic N) is 2. The molecule has 4 rings (SSSR count). The predicted octanol–water partition coefficient (Wildman–Crippen LogP) is 5.58. The summed E-state index contributed by atoms with van der Waals surface area (Å²) < 4.78 is 0. The molecule has 3 aromatic rings. The molecule has 0 spiro atoms. The minimum absolute atomic E-state index is 0.110. The van der Waals surface area contributed by atoms with Gasteiger partial charge in [-0.3, -0.25) is 4.79 Å². The van der Waals surface area contributed by atoms with E-state index < -0.39 is 0 Å². The molecule has 0 atom stereocenters. The van der Waals surface area contributed by atoms with Crippen molar-refractivity contribution in [1.29, 1.82) is 0 Å². The first-order valence-corrected chi connectivity index (χ1v) is 10.6. The van der Waals surface area contributed by atoms with E-state index in [2.05, 4.69) is 59.4 Å². The average Bonchev–Trinajstić information content (AvgIpc) is 3.09. The van der Waals surface area contributed by atoms with Crippen molar-refractivity contribution in [3.8, 4) is 0 Å². The lowest BCUT2D eigenvalue weighted by molar-refractivity contribution is -0.115. The summed E-state index contributed by atoms with van der Waals surface area (Å²) in [6, 6.07) is 22.4. The van der Waals surface area contributed by atoms with Crippen molar-refractivity contribution in [2.45, 2.75) is 13.8 Å². The van der Waals surface area contributed by atoms with Crippen molar-refractivity contribution in [2.75, 3.05) is 18.0 Å². The molecule has 0 aromatic heterocycles. The molecule has 1 saturated heterocycles. The van der Waals surface area contributed by atoms with E-state index in [4.69, 9.17) is 0 Å². The summed E-state index contributed by atoms with van der Waals surface area (Å²) in [5.74, 6) is -0.110. The number of anilines is 1. The van der Waals surface area contributed by atoms with Crippen LogP contribution in [-0.2, 0) is 4.79 Å². The molecule has 0 unspecified atom stereocenters. The Kier molecular flexibility index (Phi) is 5.67. The molecule has 146 valence electrons. The van der Waals surface area contributed by atoms with Crippen LogP contribution < -0.4 is 10.2 Å². The summed E-state index contributed by atoms with van der Waals surface area (Å²) in [6.07, 6.45) is 1.94. The largest absolute Gasteiger partial charge is 0.372 e. The van der Waals surface area contributed by atoms with Gasteiger partial charge in [0.15, 0.2) is 5.17 Å².